The molecule has 0 saturated carbocycles. The van der Waals surface area contributed by atoms with Crippen molar-refractivity contribution < 1.29 is 4.42 Å². The molecule has 2 rings (SSSR count). The fourth-order valence-corrected chi connectivity index (χ4v) is 2.45. The number of hydrogen-bond donors (Lipinski definition) is 1. The minimum atomic E-state index is 0.532. The van der Waals surface area contributed by atoms with Gasteiger partial charge in [0.05, 0.1) is 5.69 Å². The lowest BCUT2D eigenvalue weighted by Crippen LogP contribution is -2.40. The molecule has 0 spiro atoms. The first-order chi connectivity index (χ1) is 8.20. The van der Waals surface area contributed by atoms with Gasteiger partial charge in [0.2, 0.25) is 0 Å². The van der Waals surface area contributed by atoms with Gasteiger partial charge in [-0.25, -0.2) is 0 Å². The van der Waals surface area contributed by atoms with Crippen LogP contribution in [0.3, 0.4) is 0 Å². The van der Waals surface area contributed by atoms with Gasteiger partial charge < -0.3 is 14.6 Å². The third-order valence-electron chi connectivity index (χ3n) is 3.48. The van der Waals surface area contributed by atoms with Crippen LogP contribution in [0.5, 0.6) is 0 Å². The van der Waals surface area contributed by atoms with Crippen molar-refractivity contribution in [2.45, 2.75) is 46.2 Å². The third-order valence-corrected chi connectivity index (χ3v) is 3.48. The summed E-state index contributed by atoms with van der Waals surface area (Å²) >= 11 is 0. The van der Waals surface area contributed by atoms with E-state index in [9.17, 15) is 0 Å². The van der Waals surface area contributed by atoms with Gasteiger partial charge in [-0.15, -0.1) is 0 Å². The van der Waals surface area contributed by atoms with Gasteiger partial charge >= 0.3 is 0 Å². The van der Waals surface area contributed by atoms with E-state index in [4.69, 9.17) is 4.42 Å². The van der Waals surface area contributed by atoms with Crippen LogP contribution >= 0.6 is 0 Å². The summed E-state index contributed by atoms with van der Waals surface area (Å²) in [7, 11) is 0. The van der Waals surface area contributed by atoms with Crippen molar-refractivity contribution in [2.24, 2.45) is 5.92 Å². The monoisotopic (exact) mass is 237 g/mol. The molecule has 4 heteroatoms. The third kappa shape index (κ3) is 3.00. The summed E-state index contributed by atoms with van der Waals surface area (Å²) in [5.74, 6) is 0.817. The van der Waals surface area contributed by atoms with Crippen LogP contribution in [0.15, 0.2) is 10.7 Å². The number of anilines is 1. The molecule has 17 heavy (non-hydrogen) atoms. The van der Waals surface area contributed by atoms with Crippen LogP contribution in [0.25, 0.3) is 0 Å². The van der Waals surface area contributed by atoms with Crippen LogP contribution < -0.4 is 10.2 Å². The average Bonchev–Trinajstić information content (AvgIpc) is 2.75. The van der Waals surface area contributed by atoms with Crippen molar-refractivity contribution in [2.75, 3.05) is 18.0 Å². The second-order valence-electron chi connectivity index (χ2n) is 5.07. The summed E-state index contributed by atoms with van der Waals surface area (Å²) in [4.78, 5) is 6.83. The van der Waals surface area contributed by atoms with E-state index in [0.29, 0.717) is 6.04 Å². The maximum Gasteiger partial charge on any atom is 0.297 e. The number of oxazole rings is 1. The molecule has 0 amide bonds. The Bertz CT molecular complexity index is 350. The lowest BCUT2D eigenvalue weighted by atomic mass is 9.94. The van der Waals surface area contributed by atoms with E-state index in [0.717, 1.165) is 37.3 Å². The minimum absolute atomic E-state index is 0.532. The highest BCUT2D eigenvalue weighted by Crippen LogP contribution is 2.27. The van der Waals surface area contributed by atoms with Gasteiger partial charge in [-0.3, -0.25) is 0 Å². The summed E-state index contributed by atoms with van der Waals surface area (Å²) in [6, 6.07) is 1.32. The largest absolute Gasteiger partial charge is 0.432 e. The number of nitrogens with one attached hydrogen (secondary N) is 1. The summed E-state index contributed by atoms with van der Waals surface area (Å²) in [5, 5.41) is 3.26. The molecule has 1 aromatic heterocycles. The zero-order chi connectivity index (χ0) is 12.3. The second-order valence-corrected chi connectivity index (χ2v) is 5.07. The quantitative estimate of drug-likeness (QED) is 0.873. The van der Waals surface area contributed by atoms with Crippen molar-refractivity contribution in [1.82, 2.24) is 10.3 Å². The normalized spacial score (nSPS) is 25.2. The van der Waals surface area contributed by atoms with E-state index in [-0.39, 0.29) is 0 Å². The Morgan fingerprint density at radius 3 is 3.06 bits per heavy atom. The van der Waals surface area contributed by atoms with Crippen molar-refractivity contribution in [1.29, 1.82) is 0 Å². The average molecular weight is 237 g/mol. The first kappa shape index (κ1) is 12.4. The molecule has 1 aliphatic rings. The Balaban J connectivity index is 1.99. The van der Waals surface area contributed by atoms with Crippen LogP contribution in [0.2, 0.25) is 0 Å². The predicted molar refractivity (Wildman–Crippen MR) is 69.1 cm³/mol. The van der Waals surface area contributed by atoms with Gasteiger partial charge in [0.15, 0.2) is 0 Å². The number of piperidine rings is 1. The van der Waals surface area contributed by atoms with Crippen molar-refractivity contribution in [3.63, 3.8) is 0 Å². The first-order valence-corrected chi connectivity index (χ1v) is 6.62. The lowest BCUT2D eigenvalue weighted by molar-refractivity contribution is 0.357. The zero-order valence-electron chi connectivity index (χ0n) is 11.1. The molecule has 0 aromatic carbocycles. The Morgan fingerprint density at radius 2 is 2.35 bits per heavy atom. The highest BCUT2D eigenvalue weighted by Gasteiger charge is 2.25. The molecule has 0 bridgehead atoms. The molecule has 1 fully saturated rings. The van der Waals surface area contributed by atoms with Crippen molar-refractivity contribution in [3.05, 3.63) is 12.0 Å². The zero-order valence-corrected chi connectivity index (χ0v) is 11.1. The fraction of sp³-hybridized carbons (Fsp3) is 0.769. The maximum absolute atomic E-state index is 5.58. The molecule has 1 saturated heterocycles. The van der Waals surface area contributed by atoms with E-state index < -0.39 is 0 Å². The van der Waals surface area contributed by atoms with Crippen LogP contribution in [-0.2, 0) is 6.54 Å². The van der Waals surface area contributed by atoms with Crippen LogP contribution in [0, 0.1) is 5.92 Å². The summed E-state index contributed by atoms with van der Waals surface area (Å²) in [5.41, 5.74) is 0.993. The van der Waals surface area contributed by atoms with Gasteiger partial charge in [0.25, 0.3) is 6.01 Å². The summed E-state index contributed by atoms with van der Waals surface area (Å²) in [6.45, 7) is 9.47. The topological polar surface area (TPSA) is 41.3 Å². The number of hydrogen-bond acceptors (Lipinski definition) is 4. The van der Waals surface area contributed by atoms with Crippen molar-refractivity contribution >= 4 is 6.01 Å². The fourth-order valence-electron chi connectivity index (χ4n) is 2.45. The van der Waals surface area contributed by atoms with Gasteiger partial charge in [-0.1, -0.05) is 13.8 Å². The van der Waals surface area contributed by atoms with Crippen LogP contribution in [-0.4, -0.2) is 24.1 Å². The van der Waals surface area contributed by atoms with Gasteiger partial charge in [0.1, 0.15) is 6.26 Å². The van der Waals surface area contributed by atoms with E-state index in [2.05, 4.69) is 36.0 Å². The number of aromatic nitrogens is 1. The molecule has 2 unspecified atom stereocenters. The highest BCUT2D eigenvalue weighted by atomic mass is 16.4. The number of rotatable bonds is 4. The van der Waals surface area contributed by atoms with E-state index in [1.54, 1.807) is 6.26 Å². The molecule has 1 aromatic rings. The molecule has 1 N–H and O–H groups in total. The maximum atomic E-state index is 5.58. The SMILES string of the molecule is CCNCc1coc(N2CCC(C)CC2C)n1. The van der Waals surface area contributed by atoms with E-state index in [1.165, 1.54) is 12.8 Å². The molecule has 2 atom stereocenters. The molecule has 2 heterocycles. The van der Waals surface area contributed by atoms with E-state index >= 15 is 0 Å². The molecular weight excluding hydrogens is 214 g/mol. The Labute approximate surface area is 103 Å². The molecule has 0 radical (unpaired) electrons. The molecule has 4 nitrogen and oxygen atoms in total. The molecule has 0 aliphatic carbocycles. The van der Waals surface area contributed by atoms with Gasteiger partial charge in [0, 0.05) is 19.1 Å². The van der Waals surface area contributed by atoms with Gasteiger partial charge in [-0.05, 0) is 32.2 Å². The second kappa shape index (κ2) is 5.54. The Hall–Kier alpha value is -1.03. The highest BCUT2D eigenvalue weighted by molar-refractivity contribution is 5.29. The van der Waals surface area contributed by atoms with Gasteiger partial charge in [-0.2, -0.15) is 4.98 Å². The summed E-state index contributed by atoms with van der Waals surface area (Å²) < 4.78 is 5.58. The molecular formula is C13H23N3O. The van der Waals surface area contributed by atoms with Crippen LogP contribution in [0.1, 0.15) is 39.3 Å². The van der Waals surface area contributed by atoms with Crippen LogP contribution in [0.4, 0.5) is 6.01 Å². The molecule has 1 aliphatic heterocycles. The van der Waals surface area contributed by atoms with E-state index in [1.807, 2.05) is 0 Å². The molecule has 96 valence electrons. The minimum Gasteiger partial charge on any atom is -0.432 e. The van der Waals surface area contributed by atoms with Crippen molar-refractivity contribution in [3.8, 4) is 0 Å². The smallest absolute Gasteiger partial charge is 0.297 e. The Morgan fingerprint density at radius 1 is 1.53 bits per heavy atom. The number of nitrogens with zero attached hydrogens (tertiary/aromatic N) is 2. The predicted octanol–water partition coefficient (Wildman–Crippen LogP) is 2.41. The lowest BCUT2D eigenvalue weighted by Gasteiger charge is -2.35. The first-order valence-electron chi connectivity index (χ1n) is 6.62. The summed E-state index contributed by atoms with van der Waals surface area (Å²) in [6.07, 6.45) is 4.23. The Kier molecular flexibility index (Phi) is 4.05. The standard InChI is InChI=1S/C13H23N3O/c1-4-14-8-12-9-17-13(15-12)16-6-5-10(2)7-11(16)3/h9-11,14H,4-8H2,1-3H3.